The van der Waals surface area contributed by atoms with Gasteiger partial charge in [0.25, 0.3) is 0 Å². The fourth-order valence-electron chi connectivity index (χ4n) is 1.41. The van der Waals surface area contributed by atoms with Crippen molar-refractivity contribution in [2.24, 2.45) is 0 Å². The van der Waals surface area contributed by atoms with E-state index in [1.807, 2.05) is 0 Å². The normalized spacial score (nSPS) is 14.4. The summed E-state index contributed by atoms with van der Waals surface area (Å²) in [4.78, 5) is 17.7. The van der Waals surface area contributed by atoms with Crippen LogP contribution in [0.25, 0.3) is 0 Å². The van der Waals surface area contributed by atoms with Crippen LogP contribution in [0, 0.1) is 0 Å². The van der Waals surface area contributed by atoms with Crippen LogP contribution in [0.4, 0.5) is 0 Å². The minimum Gasteiger partial charge on any atom is -0.375 e. The number of hydroxylamine groups is 1. The standard InChI is InChI=1S/C9H15N2O7PS/c12-9(10-13)6-11(7-19(14,15)16)20(17,18)8-4-2-1-3-5-8/h1-5,9-10,12-13H,6-7H2,(H2,14,15,16). The number of hydrogen-bond donors (Lipinski definition) is 5. The average molecular weight is 326 g/mol. The third-order valence-corrected chi connectivity index (χ3v) is 4.98. The first-order chi connectivity index (χ1) is 9.16. The van der Waals surface area contributed by atoms with Crippen LogP contribution in [-0.4, -0.2) is 51.9 Å². The largest absolute Gasteiger partial charge is 0.375 e. The lowest BCUT2D eigenvalue weighted by atomic mass is 10.4. The first kappa shape index (κ1) is 17.2. The smallest absolute Gasteiger partial charge is 0.340 e. The van der Waals surface area contributed by atoms with E-state index in [0.29, 0.717) is 4.31 Å². The third kappa shape index (κ3) is 4.93. The molecule has 0 spiro atoms. The fraction of sp³-hybridized carbons (Fsp3) is 0.333. The van der Waals surface area contributed by atoms with Gasteiger partial charge in [0.15, 0.2) is 0 Å². The molecular weight excluding hydrogens is 311 g/mol. The van der Waals surface area contributed by atoms with Gasteiger partial charge in [-0.3, -0.25) is 4.57 Å². The first-order valence-electron chi connectivity index (χ1n) is 5.34. The molecule has 0 radical (unpaired) electrons. The molecule has 0 saturated heterocycles. The van der Waals surface area contributed by atoms with Crippen LogP contribution in [0.15, 0.2) is 35.2 Å². The highest BCUT2D eigenvalue weighted by molar-refractivity contribution is 7.89. The molecule has 0 amide bonds. The zero-order valence-corrected chi connectivity index (χ0v) is 11.9. The predicted molar refractivity (Wildman–Crippen MR) is 68.2 cm³/mol. The monoisotopic (exact) mass is 326 g/mol. The van der Waals surface area contributed by atoms with Crippen molar-refractivity contribution >= 4 is 17.6 Å². The second-order valence-electron chi connectivity index (χ2n) is 3.90. The molecule has 0 fully saturated rings. The van der Waals surface area contributed by atoms with Crippen molar-refractivity contribution in [1.82, 2.24) is 9.79 Å². The maximum atomic E-state index is 12.2. The molecule has 5 N–H and O–H groups in total. The van der Waals surface area contributed by atoms with E-state index >= 15 is 0 Å². The summed E-state index contributed by atoms with van der Waals surface area (Å²) in [6.07, 6.45) is -2.79. The van der Waals surface area contributed by atoms with Crippen LogP contribution in [0.2, 0.25) is 0 Å². The molecule has 1 atom stereocenters. The SMILES string of the molecule is O=P(O)(O)CN(CC(O)NO)S(=O)(=O)c1ccccc1. The van der Waals surface area contributed by atoms with E-state index in [1.165, 1.54) is 29.7 Å². The Kier molecular flexibility index (Phi) is 5.80. The van der Waals surface area contributed by atoms with Crippen molar-refractivity contribution in [3.05, 3.63) is 30.3 Å². The number of hydrogen-bond acceptors (Lipinski definition) is 6. The minimum absolute atomic E-state index is 0.182. The van der Waals surface area contributed by atoms with E-state index in [1.54, 1.807) is 6.07 Å². The fourth-order valence-corrected chi connectivity index (χ4v) is 4.14. The van der Waals surface area contributed by atoms with Gasteiger partial charge in [0.1, 0.15) is 12.5 Å². The molecule has 114 valence electrons. The van der Waals surface area contributed by atoms with Gasteiger partial charge in [-0.15, -0.1) is 0 Å². The lowest BCUT2D eigenvalue weighted by molar-refractivity contribution is -0.00588. The number of nitrogens with one attached hydrogen (secondary N) is 1. The Balaban J connectivity index is 3.12. The summed E-state index contributed by atoms with van der Waals surface area (Å²) in [5.74, 6) is 0. The van der Waals surface area contributed by atoms with E-state index < -0.39 is 36.7 Å². The first-order valence-corrected chi connectivity index (χ1v) is 8.58. The second kappa shape index (κ2) is 6.74. The molecule has 1 aromatic rings. The average Bonchev–Trinajstić information content (AvgIpc) is 2.37. The molecule has 9 nitrogen and oxygen atoms in total. The lowest BCUT2D eigenvalue weighted by Gasteiger charge is -2.24. The van der Waals surface area contributed by atoms with Gasteiger partial charge >= 0.3 is 7.60 Å². The summed E-state index contributed by atoms with van der Waals surface area (Å²) in [6.45, 7) is -0.723. The molecular formula is C9H15N2O7PS. The summed E-state index contributed by atoms with van der Waals surface area (Å²) < 4.78 is 35.9. The number of rotatable bonds is 7. The molecule has 1 rings (SSSR count). The molecule has 0 aliphatic heterocycles. The van der Waals surface area contributed by atoms with Gasteiger partial charge in [0, 0.05) is 0 Å². The number of nitrogens with zero attached hydrogens (tertiary/aromatic N) is 1. The molecule has 0 heterocycles. The van der Waals surface area contributed by atoms with E-state index in [9.17, 15) is 18.1 Å². The van der Waals surface area contributed by atoms with Crippen molar-refractivity contribution in [3.8, 4) is 0 Å². The summed E-state index contributed by atoms with van der Waals surface area (Å²) >= 11 is 0. The van der Waals surface area contributed by atoms with Crippen LogP contribution >= 0.6 is 7.60 Å². The highest BCUT2D eigenvalue weighted by Gasteiger charge is 2.32. The number of aliphatic hydroxyl groups is 1. The Morgan fingerprint density at radius 2 is 1.80 bits per heavy atom. The Morgan fingerprint density at radius 1 is 1.25 bits per heavy atom. The number of benzene rings is 1. The van der Waals surface area contributed by atoms with Crippen molar-refractivity contribution in [2.75, 3.05) is 12.8 Å². The highest BCUT2D eigenvalue weighted by atomic mass is 32.2. The second-order valence-corrected chi connectivity index (χ2v) is 7.45. The molecule has 1 aromatic carbocycles. The van der Waals surface area contributed by atoms with Crippen LogP contribution in [0.5, 0.6) is 0 Å². The molecule has 1 unspecified atom stereocenters. The topological polar surface area (TPSA) is 147 Å². The van der Waals surface area contributed by atoms with Crippen molar-refractivity contribution in [3.63, 3.8) is 0 Å². The summed E-state index contributed by atoms with van der Waals surface area (Å²) in [5, 5.41) is 17.7. The molecule has 0 aliphatic rings. The quantitative estimate of drug-likeness (QED) is 0.246. The summed E-state index contributed by atoms with van der Waals surface area (Å²) in [6, 6.07) is 6.98. The van der Waals surface area contributed by atoms with Crippen LogP contribution in [0.1, 0.15) is 0 Å². The molecule has 0 aromatic heterocycles. The third-order valence-electron chi connectivity index (χ3n) is 2.25. The lowest BCUT2D eigenvalue weighted by Crippen LogP contribution is -2.43. The zero-order chi connectivity index (χ0) is 15.4. The van der Waals surface area contributed by atoms with E-state index in [2.05, 4.69) is 0 Å². The zero-order valence-electron chi connectivity index (χ0n) is 10.2. The Morgan fingerprint density at radius 3 is 2.25 bits per heavy atom. The van der Waals surface area contributed by atoms with Crippen molar-refractivity contribution in [2.45, 2.75) is 11.1 Å². The van der Waals surface area contributed by atoms with Gasteiger partial charge in [0.05, 0.1) is 11.4 Å². The van der Waals surface area contributed by atoms with Gasteiger partial charge in [-0.25, -0.2) is 8.42 Å². The van der Waals surface area contributed by atoms with Gasteiger partial charge in [-0.05, 0) is 12.1 Å². The molecule has 0 bridgehead atoms. The van der Waals surface area contributed by atoms with Crippen LogP contribution in [0.3, 0.4) is 0 Å². The van der Waals surface area contributed by atoms with Gasteiger partial charge in [-0.2, -0.15) is 9.79 Å². The Labute approximate surface area is 115 Å². The minimum atomic E-state index is -4.68. The predicted octanol–water partition coefficient (Wildman–Crippen LogP) is -0.890. The maximum absolute atomic E-state index is 12.2. The highest BCUT2D eigenvalue weighted by Crippen LogP contribution is 2.37. The number of sulfonamides is 1. The molecule has 11 heteroatoms. The van der Waals surface area contributed by atoms with Gasteiger partial charge in [-0.1, -0.05) is 18.2 Å². The molecule has 20 heavy (non-hydrogen) atoms. The maximum Gasteiger partial charge on any atom is 0.340 e. The Bertz CT molecular complexity index is 573. The van der Waals surface area contributed by atoms with Crippen molar-refractivity contribution < 1.29 is 33.1 Å². The van der Waals surface area contributed by atoms with Gasteiger partial charge < -0.3 is 20.1 Å². The molecule has 0 saturated carbocycles. The van der Waals surface area contributed by atoms with Crippen molar-refractivity contribution in [1.29, 1.82) is 0 Å². The van der Waals surface area contributed by atoms with E-state index in [0.717, 1.165) is 0 Å². The van der Waals surface area contributed by atoms with Gasteiger partial charge in [0.2, 0.25) is 10.0 Å². The van der Waals surface area contributed by atoms with E-state index in [-0.39, 0.29) is 4.90 Å². The van der Waals surface area contributed by atoms with Crippen LogP contribution < -0.4 is 5.48 Å². The molecule has 0 aliphatic carbocycles. The summed E-state index contributed by atoms with van der Waals surface area (Å²) in [5.41, 5.74) is 1.40. The Hall–Kier alpha value is -0.840. The summed E-state index contributed by atoms with van der Waals surface area (Å²) in [7, 11) is -8.89. The number of aliphatic hydroxyl groups excluding tert-OH is 1. The van der Waals surface area contributed by atoms with Crippen LogP contribution in [-0.2, 0) is 14.6 Å². The van der Waals surface area contributed by atoms with E-state index in [4.69, 9.17) is 15.0 Å².